The third-order valence-electron chi connectivity index (χ3n) is 4.40. The maximum atomic E-state index is 13.2. The maximum absolute atomic E-state index is 13.2. The monoisotopic (exact) mass is 308 g/mol. The summed E-state index contributed by atoms with van der Waals surface area (Å²) in [6.07, 6.45) is 7.74. The van der Waals surface area contributed by atoms with Crippen LogP contribution >= 0.6 is 0 Å². The predicted molar refractivity (Wildman–Crippen MR) is 90.5 cm³/mol. The number of hydrogen-bond acceptors (Lipinski definition) is 3. The van der Waals surface area contributed by atoms with E-state index in [-0.39, 0.29) is 5.56 Å². The summed E-state index contributed by atoms with van der Waals surface area (Å²) >= 11 is 0. The Kier molecular flexibility index (Phi) is 3.29. The second-order valence-electron chi connectivity index (χ2n) is 6.29. The molecule has 0 amide bonds. The smallest absolute Gasteiger partial charge is 0.262 e. The maximum Gasteiger partial charge on any atom is 0.262 e. The summed E-state index contributed by atoms with van der Waals surface area (Å²) in [6, 6.07) is 6.23. The molecule has 1 aliphatic carbocycles. The molecule has 0 radical (unpaired) electrons. The third-order valence-corrected chi connectivity index (χ3v) is 4.40. The SMILES string of the molecule is CCCc1nc2cccc(-c3cnn(C)c3)c2c(=O)n1C1CC1. The Morgan fingerprint density at radius 3 is 2.78 bits per heavy atom. The van der Waals surface area contributed by atoms with E-state index in [1.165, 1.54) is 0 Å². The van der Waals surface area contributed by atoms with Gasteiger partial charge in [-0.05, 0) is 30.9 Å². The molecule has 1 fully saturated rings. The molecule has 0 aliphatic heterocycles. The molecule has 118 valence electrons. The minimum Gasteiger partial charge on any atom is -0.293 e. The molecule has 1 saturated carbocycles. The highest BCUT2D eigenvalue weighted by atomic mass is 16.1. The Balaban J connectivity index is 2.03. The molecule has 4 rings (SSSR count). The lowest BCUT2D eigenvalue weighted by Gasteiger charge is -2.13. The summed E-state index contributed by atoms with van der Waals surface area (Å²) in [5, 5.41) is 4.95. The number of aryl methyl sites for hydroxylation is 2. The standard InChI is InChI=1S/C18H20N4O/c1-3-5-16-20-15-7-4-6-14(12-10-19-21(2)11-12)17(15)18(23)22(16)13-8-9-13/h4,6-7,10-11,13H,3,5,8-9H2,1-2H3. The van der Waals surface area contributed by atoms with Gasteiger partial charge in [0, 0.05) is 31.3 Å². The average Bonchev–Trinajstić information content (AvgIpc) is 3.27. The molecule has 5 nitrogen and oxygen atoms in total. The first-order valence-electron chi connectivity index (χ1n) is 8.22. The fraction of sp³-hybridized carbons (Fsp3) is 0.389. The normalized spacial score (nSPS) is 14.5. The number of rotatable bonds is 4. The van der Waals surface area contributed by atoms with Crippen molar-refractivity contribution in [3.8, 4) is 11.1 Å². The van der Waals surface area contributed by atoms with Crippen molar-refractivity contribution in [3.05, 3.63) is 46.8 Å². The van der Waals surface area contributed by atoms with Gasteiger partial charge in [0.2, 0.25) is 0 Å². The largest absolute Gasteiger partial charge is 0.293 e. The van der Waals surface area contributed by atoms with E-state index in [1.54, 1.807) is 10.9 Å². The molecule has 1 aromatic carbocycles. The lowest BCUT2D eigenvalue weighted by atomic mass is 10.0. The van der Waals surface area contributed by atoms with Gasteiger partial charge in [0.1, 0.15) is 5.82 Å². The number of hydrogen-bond donors (Lipinski definition) is 0. The minimum absolute atomic E-state index is 0.0976. The molecule has 0 atom stereocenters. The van der Waals surface area contributed by atoms with Crippen LogP contribution in [0, 0.1) is 0 Å². The van der Waals surface area contributed by atoms with Gasteiger partial charge in [0.25, 0.3) is 5.56 Å². The molecule has 0 saturated heterocycles. The highest BCUT2D eigenvalue weighted by Crippen LogP contribution is 2.35. The molecule has 2 heterocycles. The fourth-order valence-electron chi connectivity index (χ4n) is 3.20. The number of benzene rings is 1. The summed E-state index contributed by atoms with van der Waals surface area (Å²) in [6.45, 7) is 2.12. The molecule has 0 bridgehead atoms. The van der Waals surface area contributed by atoms with Gasteiger partial charge in [-0.25, -0.2) is 4.98 Å². The zero-order valence-electron chi connectivity index (χ0n) is 13.5. The first-order valence-corrected chi connectivity index (χ1v) is 8.22. The molecule has 2 aromatic heterocycles. The Morgan fingerprint density at radius 1 is 1.30 bits per heavy atom. The molecule has 3 aromatic rings. The number of nitrogens with zero attached hydrogens (tertiary/aromatic N) is 4. The van der Waals surface area contributed by atoms with Crippen LogP contribution in [0.1, 0.15) is 38.1 Å². The van der Waals surface area contributed by atoms with Crippen LogP contribution in [0.15, 0.2) is 35.4 Å². The van der Waals surface area contributed by atoms with Gasteiger partial charge >= 0.3 is 0 Å². The Labute approximate surface area is 134 Å². The zero-order chi connectivity index (χ0) is 16.0. The van der Waals surface area contributed by atoms with Crippen molar-refractivity contribution >= 4 is 10.9 Å². The predicted octanol–water partition coefficient (Wildman–Crippen LogP) is 3.08. The first kappa shape index (κ1) is 14.2. The van der Waals surface area contributed by atoms with Crippen LogP contribution in [0.4, 0.5) is 0 Å². The van der Waals surface area contributed by atoms with E-state index < -0.39 is 0 Å². The van der Waals surface area contributed by atoms with Crippen molar-refractivity contribution < 1.29 is 0 Å². The van der Waals surface area contributed by atoms with Crippen molar-refractivity contribution in [3.63, 3.8) is 0 Å². The van der Waals surface area contributed by atoms with Gasteiger partial charge in [-0.2, -0.15) is 5.10 Å². The van der Waals surface area contributed by atoms with Gasteiger partial charge in [-0.1, -0.05) is 19.1 Å². The van der Waals surface area contributed by atoms with Crippen LogP contribution in [0.3, 0.4) is 0 Å². The highest BCUT2D eigenvalue weighted by molar-refractivity contribution is 5.93. The van der Waals surface area contributed by atoms with Crippen LogP contribution < -0.4 is 5.56 Å². The molecular weight excluding hydrogens is 288 g/mol. The minimum atomic E-state index is 0.0976. The van der Waals surface area contributed by atoms with E-state index in [0.717, 1.165) is 48.2 Å². The van der Waals surface area contributed by atoms with Crippen molar-refractivity contribution in [2.75, 3.05) is 0 Å². The highest BCUT2D eigenvalue weighted by Gasteiger charge is 2.28. The van der Waals surface area contributed by atoms with Gasteiger partial charge in [0.05, 0.1) is 17.1 Å². The summed E-state index contributed by atoms with van der Waals surface area (Å²) in [5.41, 5.74) is 2.77. The first-order chi connectivity index (χ1) is 11.2. The molecule has 0 unspecified atom stereocenters. The fourth-order valence-corrected chi connectivity index (χ4v) is 3.20. The van der Waals surface area contributed by atoms with Crippen molar-refractivity contribution in [2.24, 2.45) is 7.05 Å². The van der Waals surface area contributed by atoms with E-state index in [4.69, 9.17) is 4.98 Å². The molecular formula is C18H20N4O. The number of aromatic nitrogens is 4. The van der Waals surface area contributed by atoms with Gasteiger partial charge in [0.15, 0.2) is 0 Å². The van der Waals surface area contributed by atoms with Crippen molar-refractivity contribution in [2.45, 2.75) is 38.6 Å². The van der Waals surface area contributed by atoms with Gasteiger partial charge in [-0.3, -0.25) is 14.0 Å². The van der Waals surface area contributed by atoms with E-state index in [9.17, 15) is 4.79 Å². The quantitative estimate of drug-likeness (QED) is 0.744. The molecule has 1 aliphatic rings. The molecule has 0 N–H and O–H groups in total. The van der Waals surface area contributed by atoms with Crippen LogP contribution in [-0.2, 0) is 13.5 Å². The Morgan fingerprint density at radius 2 is 2.13 bits per heavy atom. The Bertz CT molecular complexity index is 934. The van der Waals surface area contributed by atoms with Crippen LogP contribution in [0.5, 0.6) is 0 Å². The van der Waals surface area contributed by atoms with Crippen LogP contribution in [0.25, 0.3) is 22.0 Å². The van der Waals surface area contributed by atoms with E-state index >= 15 is 0 Å². The number of fused-ring (bicyclic) bond motifs is 1. The lowest BCUT2D eigenvalue weighted by Crippen LogP contribution is -2.25. The second-order valence-corrected chi connectivity index (χ2v) is 6.29. The summed E-state index contributed by atoms with van der Waals surface area (Å²) in [4.78, 5) is 18.0. The van der Waals surface area contributed by atoms with E-state index in [1.807, 2.05) is 36.0 Å². The zero-order valence-corrected chi connectivity index (χ0v) is 13.5. The lowest BCUT2D eigenvalue weighted by molar-refractivity contribution is 0.631. The van der Waals surface area contributed by atoms with Crippen LogP contribution in [-0.4, -0.2) is 19.3 Å². The van der Waals surface area contributed by atoms with Gasteiger partial charge < -0.3 is 0 Å². The van der Waals surface area contributed by atoms with Crippen LogP contribution in [0.2, 0.25) is 0 Å². The Hall–Kier alpha value is -2.43. The molecule has 0 spiro atoms. The average molecular weight is 308 g/mol. The van der Waals surface area contributed by atoms with Crippen molar-refractivity contribution in [1.82, 2.24) is 19.3 Å². The van der Waals surface area contributed by atoms with Gasteiger partial charge in [-0.15, -0.1) is 0 Å². The van der Waals surface area contributed by atoms with Crippen molar-refractivity contribution in [1.29, 1.82) is 0 Å². The summed E-state index contributed by atoms with van der Waals surface area (Å²) in [7, 11) is 1.88. The second kappa shape index (κ2) is 5.33. The molecule has 23 heavy (non-hydrogen) atoms. The van der Waals surface area contributed by atoms with E-state index in [0.29, 0.717) is 11.4 Å². The van der Waals surface area contributed by atoms with E-state index in [2.05, 4.69) is 12.0 Å². The topological polar surface area (TPSA) is 52.7 Å². The summed E-state index contributed by atoms with van der Waals surface area (Å²) < 4.78 is 3.69. The summed E-state index contributed by atoms with van der Waals surface area (Å²) in [5.74, 6) is 0.927. The molecule has 5 heteroatoms. The third kappa shape index (κ3) is 2.36.